The summed E-state index contributed by atoms with van der Waals surface area (Å²) in [6, 6.07) is 11.4. The Kier molecular flexibility index (Phi) is 7.07. The van der Waals surface area contributed by atoms with Crippen LogP contribution in [-0.4, -0.2) is 47.6 Å². The number of benzene rings is 2. The van der Waals surface area contributed by atoms with Crippen molar-refractivity contribution in [2.24, 2.45) is 0 Å². The van der Waals surface area contributed by atoms with E-state index in [0.29, 0.717) is 17.9 Å². The van der Waals surface area contributed by atoms with E-state index in [-0.39, 0.29) is 36.2 Å². The molecule has 1 aliphatic heterocycles. The molecule has 2 aromatic carbocycles. The molecule has 0 spiro atoms. The highest BCUT2D eigenvalue weighted by atomic mass is 19.1. The largest absolute Gasteiger partial charge is 0.507 e. The van der Waals surface area contributed by atoms with E-state index < -0.39 is 23.5 Å². The highest BCUT2D eigenvalue weighted by Crippen LogP contribution is 2.40. The summed E-state index contributed by atoms with van der Waals surface area (Å²) in [5, 5.41) is 11.0. The summed E-state index contributed by atoms with van der Waals surface area (Å²) in [5.74, 6) is -2.10. The second kappa shape index (κ2) is 9.75. The van der Waals surface area contributed by atoms with Crippen LogP contribution in [0.4, 0.5) is 4.39 Å². The lowest BCUT2D eigenvalue weighted by Gasteiger charge is -2.26. The van der Waals surface area contributed by atoms with Crippen LogP contribution >= 0.6 is 0 Å². The third-order valence-electron chi connectivity index (χ3n) is 4.94. The third-order valence-corrected chi connectivity index (χ3v) is 4.94. The average Bonchev–Trinajstić information content (AvgIpc) is 2.99. The molecule has 2 aromatic rings. The average molecular weight is 427 g/mol. The van der Waals surface area contributed by atoms with Gasteiger partial charge in [-0.05, 0) is 39.0 Å². The fraction of sp³-hybridized carbons (Fsp3) is 0.333. The number of rotatable bonds is 8. The lowest BCUT2D eigenvalue weighted by atomic mass is 9.95. The smallest absolute Gasteiger partial charge is 0.295 e. The number of Topliss-reactive ketones (excluding diaryl/α,β-unsaturated/α-hetero) is 1. The minimum Gasteiger partial charge on any atom is -0.507 e. The van der Waals surface area contributed by atoms with Gasteiger partial charge in [-0.15, -0.1) is 0 Å². The van der Waals surface area contributed by atoms with Crippen molar-refractivity contribution >= 4 is 17.4 Å². The molecular formula is C24H26FNO5. The quantitative estimate of drug-likeness (QED) is 0.390. The van der Waals surface area contributed by atoms with Crippen molar-refractivity contribution in [3.8, 4) is 5.75 Å². The number of aliphatic hydroxyl groups is 1. The molecule has 0 radical (unpaired) electrons. The first-order chi connectivity index (χ1) is 14.8. The van der Waals surface area contributed by atoms with Gasteiger partial charge in [0.1, 0.15) is 17.3 Å². The van der Waals surface area contributed by atoms with Crippen molar-refractivity contribution in [2.45, 2.75) is 32.9 Å². The first-order valence-electron chi connectivity index (χ1n) is 10.2. The van der Waals surface area contributed by atoms with Crippen LogP contribution in [-0.2, 0) is 14.3 Å². The van der Waals surface area contributed by atoms with Crippen LogP contribution in [0.3, 0.4) is 0 Å². The molecule has 0 aromatic heterocycles. The number of carbonyl (C=O) groups is 2. The molecule has 31 heavy (non-hydrogen) atoms. The van der Waals surface area contributed by atoms with Gasteiger partial charge in [0, 0.05) is 17.7 Å². The number of ketones is 1. The van der Waals surface area contributed by atoms with E-state index >= 15 is 0 Å². The summed E-state index contributed by atoms with van der Waals surface area (Å²) in [6.45, 7) is 6.23. The first kappa shape index (κ1) is 22.5. The van der Waals surface area contributed by atoms with E-state index in [0.717, 1.165) is 0 Å². The highest BCUT2D eigenvalue weighted by molar-refractivity contribution is 6.46. The first-order valence-corrected chi connectivity index (χ1v) is 10.2. The number of amides is 1. The maximum atomic E-state index is 14.7. The van der Waals surface area contributed by atoms with E-state index in [1.54, 1.807) is 30.3 Å². The fourth-order valence-electron chi connectivity index (χ4n) is 3.57. The van der Waals surface area contributed by atoms with Gasteiger partial charge < -0.3 is 19.5 Å². The van der Waals surface area contributed by atoms with E-state index in [4.69, 9.17) is 9.47 Å². The Bertz CT molecular complexity index is 1000. The highest BCUT2D eigenvalue weighted by Gasteiger charge is 2.46. The van der Waals surface area contributed by atoms with Crippen LogP contribution in [0.2, 0.25) is 0 Å². The van der Waals surface area contributed by atoms with E-state index in [1.165, 1.54) is 23.1 Å². The molecule has 0 saturated carbocycles. The molecule has 1 heterocycles. The molecule has 0 aliphatic carbocycles. The Morgan fingerprint density at radius 1 is 1.16 bits per heavy atom. The minimum absolute atomic E-state index is 0.0648. The molecular weight excluding hydrogens is 401 g/mol. The van der Waals surface area contributed by atoms with E-state index in [1.807, 2.05) is 20.8 Å². The predicted molar refractivity (Wildman–Crippen MR) is 114 cm³/mol. The van der Waals surface area contributed by atoms with Gasteiger partial charge in [-0.25, -0.2) is 4.39 Å². The number of carbonyl (C=O) groups excluding carboxylic acids is 2. The summed E-state index contributed by atoms with van der Waals surface area (Å²) in [4.78, 5) is 27.0. The van der Waals surface area contributed by atoms with Crippen LogP contribution in [0.15, 0.2) is 54.1 Å². The molecule has 1 N–H and O–H groups in total. The van der Waals surface area contributed by atoms with Crippen molar-refractivity contribution in [2.75, 3.05) is 19.8 Å². The van der Waals surface area contributed by atoms with Crippen molar-refractivity contribution in [1.82, 2.24) is 4.90 Å². The van der Waals surface area contributed by atoms with Crippen LogP contribution in [0.25, 0.3) is 5.76 Å². The number of halogens is 1. The fourth-order valence-corrected chi connectivity index (χ4v) is 3.57. The lowest BCUT2D eigenvalue weighted by Crippen LogP contribution is -2.33. The third kappa shape index (κ3) is 4.77. The molecule has 1 amide bonds. The van der Waals surface area contributed by atoms with Crippen LogP contribution in [0.1, 0.15) is 37.9 Å². The van der Waals surface area contributed by atoms with Crippen LogP contribution in [0, 0.1) is 5.82 Å². The normalized spacial score (nSPS) is 18.1. The van der Waals surface area contributed by atoms with Gasteiger partial charge in [0.2, 0.25) is 0 Å². The molecule has 1 unspecified atom stereocenters. The molecule has 164 valence electrons. The zero-order valence-electron chi connectivity index (χ0n) is 17.8. The monoisotopic (exact) mass is 427 g/mol. The lowest BCUT2D eigenvalue weighted by molar-refractivity contribution is -0.140. The Hall–Kier alpha value is -3.19. The summed E-state index contributed by atoms with van der Waals surface area (Å²) in [6.07, 6.45) is -0.0648. The standard InChI is InChI=1S/C24H26FNO5/c1-4-30-17-9-7-8-16(14-17)22(27)20-21(18-10-5-6-11-19(18)25)26(24(29)23(20)28)12-13-31-15(2)3/h5-11,14-15,21,27H,4,12-13H2,1-3H3/b22-20-. The van der Waals surface area contributed by atoms with Gasteiger partial charge in [0.25, 0.3) is 11.7 Å². The number of likely N-dealkylation sites (tertiary alicyclic amines) is 1. The van der Waals surface area contributed by atoms with Crippen molar-refractivity contribution < 1.29 is 28.6 Å². The molecule has 1 fully saturated rings. The van der Waals surface area contributed by atoms with Gasteiger partial charge in [-0.1, -0.05) is 30.3 Å². The van der Waals surface area contributed by atoms with Gasteiger partial charge in [0.05, 0.1) is 30.9 Å². The Morgan fingerprint density at radius 2 is 1.90 bits per heavy atom. The summed E-state index contributed by atoms with van der Waals surface area (Å²) in [7, 11) is 0. The number of hydrogen-bond donors (Lipinski definition) is 1. The van der Waals surface area contributed by atoms with E-state index in [2.05, 4.69) is 0 Å². The Balaban J connectivity index is 2.11. The number of nitrogens with zero attached hydrogens (tertiary/aromatic N) is 1. The second-order valence-corrected chi connectivity index (χ2v) is 7.39. The van der Waals surface area contributed by atoms with Crippen molar-refractivity contribution in [3.63, 3.8) is 0 Å². The molecule has 3 rings (SSSR count). The maximum absolute atomic E-state index is 14.7. The van der Waals surface area contributed by atoms with E-state index in [9.17, 15) is 19.1 Å². The summed E-state index contributed by atoms with van der Waals surface area (Å²) < 4.78 is 25.7. The molecule has 0 bridgehead atoms. The molecule has 1 atom stereocenters. The summed E-state index contributed by atoms with van der Waals surface area (Å²) >= 11 is 0. The zero-order valence-corrected chi connectivity index (χ0v) is 17.8. The molecule has 1 aliphatic rings. The van der Waals surface area contributed by atoms with Crippen molar-refractivity contribution in [3.05, 3.63) is 71.0 Å². The minimum atomic E-state index is -1.06. The number of aliphatic hydroxyl groups excluding tert-OH is 1. The van der Waals surface area contributed by atoms with Gasteiger partial charge in [0.15, 0.2) is 0 Å². The Labute approximate surface area is 180 Å². The number of hydrogen-bond acceptors (Lipinski definition) is 5. The Morgan fingerprint density at radius 3 is 2.58 bits per heavy atom. The van der Waals surface area contributed by atoms with Gasteiger partial charge in [-0.3, -0.25) is 9.59 Å². The van der Waals surface area contributed by atoms with Gasteiger partial charge in [-0.2, -0.15) is 0 Å². The maximum Gasteiger partial charge on any atom is 0.295 e. The topological polar surface area (TPSA) is 76.1 Å². The zero-order chi connectivity index (χ0) is 22.5. The second-order valence-electron chi connectivity index (χ2n) is 7.39. The molecule has 1 saturated heterocycles. The van der Waals surface area contributed by atoms with Crippen LogP contribution in [0.5, 0.6) is 5.75 Å². The van der Waals surface area contributed by atoms with Crippen LogP contribution < -0.4 is 4.74 Å². The van der Waals surface area contributed by atoms with Gasteiger partial charge >= 0.3 is 0 Å². The molecule has 7 heteroatoms. The number of ether oxygens (including phenoxy) is 2. The predicted octanol–water partition coefficient (Wildman–Crippen LogP) is 4.07. The van der Waals surface area contributed by atoms with Crippen molar-refractivity contribution in [1.29, 1.82) is 0 Å². The summed E-state index contributed by atoms with van der Waals surface area (Å²) in [5.41, 5.74) is 0.283. The molecule has 6 nitrogen and oxygen atoms in total. The SMILES string of the molecule is CCOc1cccc(/C(O)=C2/C(=O)C(=O)N(CCOC(C)C)C2c2ccccc2F)c1.